The SMILES string of the molecule is CCN(Cc1ccncc1)c1nc(CNC2CC2)co1. The molecule has 5 nitrogen and oxygen atoms in total. The minimum absolute atomic E-state index is 0.689. The minimum atomic E-state index is 0.689. The number of hydrogen-bond donors (Lipinski definition) is 1. The van der Waals surface area contributed by atoms with E-state index in [1.165, 1.54) is 18.4 Å². The van der Waals surface area contributed by atoms with Crippen LogP contribution in [0.4, 0.5) is 6.01 Å². The number of rotatable bonds is 7. The Balaban J connectivity index is 1.62. The standard InChI is InChI=1S/C15H20N4O/c1-2-19(10-12-5-7-16-8-6-12)15-18-14(11-20-15)9-17-13-3-4-13/h5-8,11,13,17H,2-4,9-10H2,1H3. The highest BCUT2D eigenvalue weighted by Crippen LogP contribution is 2.20. The molecule has 1 aliphatic carbocycles. The summed E-state index contributed by atoms with van der Waals surface area (Å²) in [6, 6.07) is 5.41. The fourth-order valence-corrected chi connectivity index (χ4v) is 2.08. The maximum atomic E-state index is 5.60. The molecule has 1 aliphatic rings. The molecule has 0 unspecified atom stereocenters. The number of nitrogens with one attached hydrogen (secondary N) is 1. The second kappa shape index (κ2) is 6.05. The van der Waals surface area contributed by atoms with Crippen molar-refractivity contribution in [3.63, 3.8) is 0 Å². The normalized spacial score (nSPS) is 14.4. The molecule has 2 heterocycles. The van der Waals surface area contributed by atoms with Crippen LogP contribution in [0.25, 0.3) is 0 Å². The molecule has 1 saturated carbocycles. The summed E-state index contributed by atoms with van der Waals surface area (Å²) >= 11 is 0. The van der Waals surface area contributed by atoms with Crippen LogP contribution >= 0.6 is 0 Å². The van der Waals surface area contributed by atoms with Crippen molar-refractivity contribution >= 4 is 6.01 Å². The number of hydrogen-bond acceptors (Lipinski definition) is 5. The molecule has 5 heteroatoms. The monoisotopic (exact) mass is 272 g/mol. The molecule has 20 heavy (non-hydrogen) atoms. The lowest BCUT2D eigenvalue weighted by Gasteiger charge is -2.18. The Hall–Kier alpha value is -1.88. The second-order valence-electron chi connectivity index (χ2n) is 5.15. The van der Waals surface area contributed by atoms with Crippen molar-refractivity contribution in [1.29, 1.82) is 0 Å². The lowest BCUT2D eigenvalue weighted by molar-refractivity contribution is 0.533. The number of pyridine rings is 1. The summed E-state index contributed by atoms with van der Waals surface area (Å²) in [5.74, 6) is 0. The summed E-state index contributed by atoms with van der Waals surface area (Å²) in [7, 11) is 0. The molecule has 0 spiro atoms. The van der Waals surface area contributed by atoms with Crippen LogP contribution in [0, 0.1) is 0 Å². The van der Waals surface area contributed by atoms with Crippen molar-refractivity contribution in [2.75, 3.05) is 11.4 Å². The van der Waals surface area contributed by atoms with E-state index in [-0.39, 0.29) is 0 Å². The van der Waals surface area contributed by atoms with Crippen molar-refractivity contribution in [3.05, 3.63) is 42.0 Å². The first-order chi connectivity index (χ1) is 9.85. The van der Waals surface area contributed by atoms with Gasteiger partial charge in [0, 0.05) is 38.1 Å². The fourth-order valence-electron chi connectivity index (χ4n) is 2.08. The third-order valence-corrected chi connectivity index (χ3v) is 3.46. The highest BCUT2D eigenvalue weighted by Gasteiger charge is 2.21. The van der Waals surface area contributed by atoms with Crippen LogP contribution in [0.2, 0.25) is 0 Å². The Kier molecular flexibility index (Phi) is 3.97. The van der Waals surface area contributed by atoms with Gasteiger partial charge in [-0.2, -0.15) is 4.98 Å². The van der Waals surface area contributed by atoms with Crippen LogP contribution in [-0.2, 0) is 13.1 Å². The van der Waals surface area contributed by atoms with E-state index in [1.54, 1.807) is 6.26 Å². The number of nitrogens with zero attached hydrogens (tertiary/aromatic N) is 3. The molecule has 0 aromatic carbocycles. The van der Waals surface area contributed by atoms with Gasteiger partial charge < -0.3 is 14.6 Å². The van der Waals surface area contributed by atoms with Gasteiger partial charge in [-0.1, -0.05) is 0 Å². The van der Waals surface area contributed by atoms with E-state index in [2.05, 4.69) is 27.1 Å². The van der Waals surface area contributed by atoms with Crippen LogP contribution in [-0.4, -0.2) is 22.6 Å². The second-order valence-corrected chi connectivity index (χ2v) is 5.15. The van der Waals surface area contributed by atoms with E-state index in [0.717, 1.165) is 25.3 Å². The third kappa shape index (κ3) is 3.36. The zero-order valence-electron chi connectivity index (χ0n) is 11.7. The van der Waals surface area contributed by atoms with E-state index < -0.39 is 0 Å². The Morgan fingerprint density at radius 3 is 2.85 bits per heavy atom. The first-order valence-corrected chi connectivity index (χ1v) is 7.17. The molecule has 3 rings (SSSR count). The summed E-state index contributed by atoms with van der Waals surface area (Å²) in [5, 5.41) is 3.44. The first-order valence-electron chi connectivity index (χ1n) is 7.17. The maximum absolute atomic E-state index is 5.60. The average molecular weight is 272 g/mol. The molecule has 1 N–H and O–H groups in total. The van der Waals surface area contributed by atoms with Crippen LogP contribution in [0.15, 0.2) is 35.2 Å². The topological polar surface area (TPSA) is 54.2 Å². The fraction of sp³-hybridized carbons (Fsp3) is 0.467. The molecule has 0 atom stereocenters. The Morgan fingerprint density at radius 2 is 2.15 bits per heavy atom. The summed E-state index contributed by atoms with van der Waals surface area (Å²) in [5.41, 5.74) is 2.18. The zero-order valence-corrected chi connectivity index (χ0v) is 11.7. The largest absolute Gasteiger partial charge is 0.432 e. The van der Waals surface area contributed by atoms with Gasteiger partial charge in [-0.15, -0.1) is 0 Å². The highest BCUT2D eigenvalue weighted by atomic mass is 16.4. The molecule has 2 aromatic rings. The van der Waals surface area contributed by atoms with Gasteiger partial charge in [0.2, 0.25) is 0 Å². The van der Waals surface area contributed by atoms with Crippen LogP contribution in [0.3, 0.4) is 0 Å². The molecule has 2 aromatic heterocycles. The Labute approximate surface area is 119 Å². The quantitative estimate of drug-likeness (QED) is 0.838. The lowest BCUT2D eigenvalue weighted by atomic mass is 10.2. The van der Waals surface area contributed by atoms with Crippen molar-refractivity contribution < 1.29 is 4.42 Å². The molecule has 0 radical (unpaired) electrons. The maximum Gasteiger partial charge on any atom is 0.297 e. The van der Waals surface area contributed by atoms with Gasteiger partial charge in [-0.25, -0.2) is 0 Å². The van der Waals surface area contributed by atoms with E-state index in [4.69, 9.17) is 4.42 Å². The van der Waals surface area contributed by atoms with Gasteiger partial charge >= 0.3 is 0 Å². The van der Waals surface area contributed by atoms with E-state index >= 15 is 0 Å². The minimum Gasteiger partial charge on any atom is -0.432 e. The number of anilines is 1. The van der Waals surface area contributed by atoms with Gasteiger partial charge in [0.25, 0.3) is 6.01 Å². The lowest BCUT2D eigenvalue weighted by Crippen LogP contribution is -2.22. The average Bonchev–Trinajstić information content (AvgIpc) is 3.21. The molecular formula is C15H20N4O. The van der Waals surface area contributed by atoms with Crippen molar-refractivity contribution in [2.45, 2.75) is 38.9 Å². The summed E-state index contributed by atoms with van der Waals surface area (Å²) < 4.78 is 5.60. The van der Waals surface area contributed by atoms with Crippen LogP contribution in [0.1, 0.15) is 31.0 Å². The zero-order chi connectivity index (χ0) is 13.8. The van der Waals surface area contributed by atoms with Crippen LogP contribution < -0.4 is 10.2 Å². The predicted octanol–water partition coefficient (Wildman–Crippen LogP) is 2.35. The first kappa shape index (κ1) is 13.1. The van der Waals surface area contributed by atoms with Crippen LogP contribution in [0.5, 0.6) is 0 Å². The molecule has 106 valence electrons. The van der Waals surface area contributed by atoms with Crippen molar-refractivity contribution in [2.24, 2.45) is 0 Å². The van der Waals surface area contributed by atoms with Crippen molar-refractivity contribution in [1.82, 2.24) is 15.3 Å². The number of aromatic nitrogens is 2. The predicted molar refractivity (Wildman–Crippen MR) is 77.3 cm³/mol. The van der Waals surface area contributed by atoms with Gasteiger partial charge in [-0.05, 0) is 37.5 Å². The summed E-state index contributed by atoms with van der Waals surface area (Å²) in [4.78, 5) is 10.7. The molecule has 0 saturated heterocycles. The smallest absolute Gasteiger partial charge is 0.297 e. The molecule has 0 aliphatic heterocycles. The summed E-state index contributed by atoms with van der Waals surface area (Å²) in [6.07, 6.45) is 7.94. The van der Waals surface area contributed by atoms with E-state index in [1.807, 2.05) is 24.5 Å². The van der Waals surface area contributed by atoms with Gasteiger partial charge in [0.05, 0.1) is 5.69 Å². The van der Waals surface area contributed by atoms with Gasteiger partial charge in [-0.3, -0.25) is 4.98 Å². The van der Waals surface area contributed by atoms with Gasteiger partial charge in [0.15, 0.2) is 0 Å². The molecule has 1 fully saturated rings. The summed E-state index contributed by atoms with van der Waals surface area (Å²) in [6.45, 7) is 4.54. The van der Waals surface area contributed by atoms with E-state index in [0.29, 0.717) is 12.1 Å². The van der Waals surface area contributed by atoms with E-state index in [9.17, 15) is 0 Å². The molecule has 0 amide bonds. The third-order valence-electron chi connectivity index (χ3n) is 3.46. The Bertz CT molecular complexity index is 536. The van der Waals surface area contributed by atoms with Crippen molar-refractivity contribution in [3.8, 4) is 0 Å². The number of oxazole rings is 1. The highest BCUT2D eigenvalue weighted by molar-refractivity contribution is 5.29. The molecule has 0 bridgehead atoms. The van der Waals surface area contributed by atoms with Gasteiger partial charge in [0.1, 0.15) is 6.26 Å². The molecular weight excluding hydrogens is 252 g/mol. The Morgan fingerprint density at radius 1 is 1.35 bits per heavy atom.